The summed E-state index contributed by atoms with van der Waals surface area (Å²) in [6, 6.07) is 6.09. The van der Waals surface area contributed by atoms with Crippen molar-refractivity contribution in [2.75, 3.05) is 5.32 Å². The summed E-state index contributed by atoms with van der Waals surface area (Å²) < 4.78 is 5.26. The number of rotatable bonds is 3. The normalized spacial score (nSPS) is 12.9. The molecule has 0 radical (unpaired) electrons. The minimum Gasteiger partial charge on any atom is -0.444 e. The van der Waals surface area contributed by atoms with Gasteiger partial charge in [0, 0.05) is 10.5 Å². The molecular weight excluding hydrogens is 306 g/mol. The number of amides is 1. The first-order valence-electron chi connectivity index (χ1n) is 6.41. The van der Waals surface area contributed by atoms with E-state index >= 15 is 0 Å². The lowest BCUT2D eigenvalue weighted by Gasteiger charge is -2.20. The van der Waals surface area contributed by atoms with E-state index in [1.54, 1.807) is 0 Å². The highest BCUT2D eigenvalue weighted by atomic mass is 79.9. The first-order valence-corrected chi connectivity index (χ1v) is 7.32. The van der Waals surface area contributed by atoms with Gasteiger partial charge in [-0.1, -0.05) is 35.0 Å². The van der Waals surface area contributed by atoms with Gasteiger partial charge < -0.3 is 4.74 Å². The van der Waals surface area contributed by atoms with E-state index < -0.39 is 11.7 Å². The molecule has 0 saturated heterocycles. The lowest BCUT2D eigenvalue weighted by Crippen LogP contribution is -2.27. The summed E-state index contributed by atoms with van der Waals surface area (Å²) in [6.07, 6.45) is 0.503. The van der Waals surface area contributed by atoms with Crippen molar-refractivity contribution in [2.45, 2.75) is 51.5 Å². The molecule has 1 aromatic carbocycles. The first kappa shape index (κ1) is 16.0. The lowest BCUT2D eigenvalue weighted by atomic mass is 10.1. The van der Waals surface area contributed by atoms with Gasteiger partial charge in [-0.3, -0.25) is 5.32 Å². The van der Waals surface area contributed by atoms with Crippen molar-refractivity contribution < 1.29 is 9.53 Å². The number of benzene rings is 1. The minimum absolute atomic E-state index is 0.407. The summed E-state index contributed by atoms with van der Waals surface area (Å²) >= 11 is 3.53. The van der Waals surface area contributed by atoms with Crippen LogP contribution in [0.25, 0.3) is 0 Å². The minimum atomic E-state index is -0.486. The van der Waals surface area contributed by atoms with Crippen molar-refractivity contribution in [2.24, 2.45) is 0 Å². The van der Waals surface area contributed by atoms with E-state index in [1.165, 1.54) is 5.56 Å². The maximum Gasteiger partial charge on any atom is 0.412 e. The van der Waals surface area contributed by atoms with Gasteiger partial charge in [0.05, 0.1) is 0 Å². The molecule has 0 aliphatic heterocycles. The third-order valence-electron chi connectivity index (χ3n) is 2.45. The van der Waals surface area contributed by atoms with Gasteiger partial charge in [0.2, 0.25) is 0 Å². The molecule has 1 rings (SSSR count). The van der Waals surface area contributed by atoms with Crippen LogP contribution in [0.2, 0.25) is 0 Å². The van der Waals surface area contributed by atoms with Gasteiger partial charge in [0.25, 0.3) is 0 Å². The first-order chi connectivity index (χ1) is 8.67. The zero-order valence-corrected chi connectivity index (χ0v) is 13.8. The molecule has 1 aromatic rings. The molecule has 0 aliphatic rings. The summed E-state index contributed by atoms with van der Waals surface area (Å²) in [5.41, 5.74) is 2.53. The van der Waals surface area contributed by atoms with E-state index in [0.29, 0.717) is 4.83 Å². The molecule has 0 heterocycles. The van der Waals surface area contributed by atoms with Gasteiger partial charge in [0.15, 0.2) is 0 Å². The fraction of sp³-hybridized carbons (Fsp3) is 0.533. The number of aryl methyl sites for hydroxylation is 1. The number of halogens is 1. The number of alkyl halides is 1. The molecule has 1 atom stereocenters. The highest BCUT2D eigenvalue weighted by Crippen LogP contribution is 2.20. The number of carbonyl (C=O) groups excluding carboxylic acids is 1. The quantitative estimate of drug-likeness (QED) is 0.819. The average molecular weight is 328 g/mol. The Labute approximate surface area is 123 Å². The molecule has 1 unspecified atom stereocenters. The van der Waals surface area contributed by atoms with Crippen molar-refractivity contribution in [3.63, 3.8) is 0 Å². The maximum atomic E-state index is 11.8. The topological polar surface area (TPSA) is 38.3 Å². The highest BCUT2D eigenvalue weighted by molar-refractivity contribution is 9.09. The van der Waals surface area contributed by atoms with Crippen molar-refractivity contribution in [3.8, 4) is 0 Å². The monoisotopic (exact) mass is 327 g/mol. The number of nitrogens with one attached hydrogen (secondary N) is 1. The van der Waals surface area contributed by atoms with Crippen LogP contribution in [-0.4, -0.2) is 16.5 Å². The predicted octanol–water partition coefficient (Wildman–Crippen LogP) is 4.67. The van der Waals surface area contributed by atoms with Crippen LogP contribution in [0.3, 0.4) is 0 Å². The highest BCUT2D eigenvalue weighted by Gasteiger charge is 2.16. The van der Waals surface area contributed by atoms with Crippen LogP contribution in [0.1, 0.15) is 38.8 Å². The second-order valence-electron chi connectivity index (χ2n) is 5.76. The Balaban J connectivity index is 2.79. The van der Waals surface area contributed by atoms with E-state index in [4.69, 9.17) is 4.74 Å². The Morgan fingerprint density at radius 1 is 1.42 bits per heavy atom. The van der Waals surface area contributed by atoms with Gasteiger partial charge in [-0.2, -0.15) is 0 Å². The molecule has 0 aromatic heterocycles. The van der Waals surface area contributed by atoms with E-state index in [0.717, 1.165) is 17.7 Å². The zero-order valence-electron chi connectivity index (χ0n) is 12.2. The number of carbonyl (C=O) groups is 1. The Kier molecular flexibility index (Phi) is 5.41. The van der Waals surface area contributed by atoms with Crippen LogP contribution >= 0.6 is 15.9 Å². The average Bonchev–Trinajstić information content (AvgIpc) is 2.19. The summed E-state index contributed by atoms with van der Waals surface area (Å²) in [5.74, 6) is 0. The molecule has 3 nitrogen and oxygen atoms in total. The smallest absolute Gasteiger partial charge is 0.412 e. The van der Waals surface area contributed by atoms with Crippen LogP contribution < -0.4 is 5.32 Å². The Morgan fingerprint density at radius 3 is 2.58 bits per heavy atom. The van der Waals surface area contributed by atoms with Crippen LogP contribution in [0, 0.1) is 6.92 Å². The SMILES string of the molecule is Cc1ccc(CC(C)Br)cc1NC(=O)OC(C)(C)C. The molecule has 4 heteroatoms. The summed E-state index contributed by atoms with van der Waals surface area (Å²) in [5, 5.41) is 2.80. The molecule has 0 aliphatic carbocycles. The molecule has 0 bridgehead atoms. The number of anilines is 1. The second kappa shape index (κ2) is 6.42. The summed E-state index contributed by atoms with van der Waals surface area (Å²) in [7, 11) is 0. The molecule has 1 N–H and O–H groups in total. The van der Waals surface area contributed by atoms with Crippen LogP contribution in [0.5, 0.6) is 0 Å². The van der Waals surface area contributed by atoms with E-state index in [-0.39, 0.29) is 0 Å². The van der Waals surface area contributed by atoms with Gasteiger partial charge in [-0.15, -0.1) is 0 Å². The molecule has 0 fully saturated rings. The standard InChI is InChI=1S/C15H22BrNO2/c1-10-6-7-12(8-11(2)16)9-13(10)17-14(18)19-15(3,4)5/h6-7,9,11H,8H2,1-5H3,(H,17,18). The van der Waals surface area contributed by atoms with Gasteiger partial charge in [0.1, 0.15) is 5.60 Å². The lowest BCUT2D eigenvalue weighted by molar-refractivity contribution is 0.0636. The van der Waals surface area contributed by atoms with Gasteiger partial charge in [-0.05, 0) is 51.3 Å². The second-order valence-corrected chi connectivity index (χ2v) is 7.32. The van der Waals surface area contributed by atoms with Crippen molar-refractivity contribution in [1.29, 1.82) is 0 Å². The van der Waals surface area contributed by atoms with Gasteiger partial charge >= 0.3 is 6.09 Å². The molecule has 106 valence electrons. The third kappa shape index (κ3) is 6.10. The number of ether oxygens (including phenoxy) is 1. The summed E-state index contributed by atoms with van der Waals surface area (Å²) in [6.45, 7) is 9.61. The predicted molar refractivity (Wildman–Crippen MR) is 83.1 cm³/mol. The number of hydrogen-bond donors (Lipinski definition) is 1. The molecule has 1 amide bonds. The fourth-order valence-electron chi connectivity index (χ4n) is 1.67. The Bertz CT molecular complexity index is 450. The number of hydrogen-bond acceptors (Lipinski definition) is 2. The van der Waals surface area contributed by atoms with Gasteiger partial charge in [-0.25, -0.2) is 4.79 Å². The van der Waals surface area contributed by atoms with Crippen molar-refractivity contribution in [1.82, 2.24) is 0 Å². The summed E-state index contributed by atoms with van der Waals surface area (Å²) in [4.78, 5) is 12.2. The molecular formula is C15H22BrNO2. The fourth-order valence-corrected chi connectivity index (χ4v) is 2.04. The Morgan fingerprint density at radius 2 is 2.05 bits per heavy atom. The zero-order chi connectivity index (χ0) is 14.6. The third-order valence-corrected chi connectivity index (χ3v) is 2.78. The molecule has 19 heavy (non-hydrogen) atoms. The van der Waals surface area contributed by atoms with Crippen LogP contribution in [0.15, 0.2) is 18.2 Å². The van der Waals surface area contributed by atoms with E-state index in [9.17, 15) is 4.79 Å². The van der Waals surface area contributed by atoms with Crippen LogP contribution in [0.4, 0.5) is 10.5 Å². The maximum absolute atomic E-state index is 11.8. The Hall–Kier alpha value is -1.03. The van der Waals surface area contributed by atoms with E-state index in [1.807, 2.05) is 39.8 Å². The van der Waals surface area contributed by atoms with Crippen LogP contribution in [-0.2, 0) is 11.2 Å². The van der Waals surface area contributed by atoms with E-state index in [2.05, 4.69) is 34.2 Å². The molecule has 0 spiro atoms. The molecule has 0 saturated carbocycles. The van der Waals surface area contributed by atoms with Crippen molar-refractivity contribution >= 4 is 27.7 Å². The van der Waals surface area contributed by atoms with Crippen molar-refractivity contribution in [3.05, 3.63) is 29.3 Å². The largest absolute Gasteiger partial charge is 0.444 e.